The Morgan fingerprint density at radius 2 is 2.27 bits per heavy atom. The van der Waals surface area contributed by atoms with Crippen molar-refractivity contribution < 1.29 is 8.94 Å². The van der Waals surface area contributed by atoms with Crippen LogP contribution in [0, 0.1) is 6.92 Å². The topological polar surface area (TPSA) is 104 Å². The van der Waals surface area contributed by atoms with Gasteiger partial charge in [-0.1, -0.05) is 16.9 Å². The van der Waals surface area contributed by atoms with Gasteiger partial charge in [0.05, 0.1) is 12.3 Å². The summed E-state index contributed by atoms with van der Waals surface area (Å²) in [4.78, 5) is 4.04. The zero-order valence-electron chi connectivity index (χ0n) is 8.01. The van der Waals surface area contributed by atoms with Crippen LogP contribution in [0.3, 0.4) is 0 Å². The number of thioether (sulfide) groups is 1. The summed E-state index contributed by atoms with van der Waals surface area (Å²) in [5.74, 6) is 2.09. The Bertz CT molecular complexity index is 440. The molecule has 0 aliphatic heterocycles. The molecule has 0 bridgehead atoms. The third-order valence-corrected chi connectivity index (χ3v) is 2.33. The molecule has 0 aliphatic carbocycles. The summed E-state index contributed by atoms with van der Waals surface area (Å²) in [6.07, 6.45) is 0. The number of nitrogens with two attached hydrogens (primary N) is 1. The molecule has 0 saturated carbocycles. The zero-order valence-corrected chi connectivity index (χ0v) is 8.82. The molecular formula is C7H9N5O2S. The minimum atomic E-state index is 0.245. The summed E-state index contributed by atoms with van der Waals surface area (Å²) >= 11 is 1.34. The van der Waals surface area contributed by atoms with Crippen LogP contribution in [0.1, 0.15) is 17.6 Å². The van der Waals surface area contributed by atoms with Crippen molar-refractivity contribution >= 4 is 11.8 Å². The molecular weight excluding hydrogens is 218 g/mol. The van der Waals surface area contributed by atoms with Gasteiger partial charge in [0, 0.05) is 6.92 Å². The van der Waals surface area contributed by atoms with Crippen molar-refractivity contribution in [2.45, 2.75) is 24.4 Å². The highest BCUT2D eigenvalue weighted by atomic mass is 32.2. The largest absolute Gasteiger partial charge is 0.415 e. The van der Waals surface area contributed by atoms with Gasteiger partial charge in [-0.05, 0) is 0 Å². The Morgan fingerprint density at radius 3 is 2.87 bits per heavy atom. The second-order valence-electron chi connectivity index (χ2n) is 2.68. The van der Waals surface area contributed by atoms with E-state index in [1.807, 2.05) is 0 Å². The monoisotopic (exact) mass is 227 g/mol. The van der Waals surface area contributed by atoms with Crippen LogP contribution in [0.2, 0.25) is 0 Å². The van der Waals surface area contributed by atoms with Gasteiger partial charge >= 0.3 is 0 Å². The average molecular weight is 227 g/mol. The van der Waals surface area contributed by atoms with Gasteiger partial charge in [-0.25, -0.2) is 0 Å². The number of rotatable bonds is 4. The summed E-state index contributed by atoms with van der Waals surface area (Å²) in [6.45, 7) is 1.98. The van der Waals surface area contributed by atoms with Crippen molar-refractivity contribution in [2.24, 2.45) is 5.73 Å². The van der Waals surface area contributed by atoms with Crippen molar-refractivity contribution in [1.82, 2.24) is 20.3 Å². The van der Waals surface area contributed by atoms with E-state index < -0.39 is 0 Å². The van der Waals surface area contributed by atoms with E-state index in [-0.39, 0.29) is 6.54 Å². The van der Waals surface area contributed by atoms with Gasteiger partial charge in [-0.3, -0.25) is 0 Å². The van der Waals surface area contributed by atoms with E-state index in [2.05, 4.69) is 20.3 Å². The maximum Gasteiger partial charge on any atom is 0.277 e. The summed E-state index contributed by atoms with van der Waals surface area (Å²) in [6, 6.07) is 0. The highest BCUT2D eigenvalue weighted by molar-refractivity contribution is 7.98. The fourth-order valence-corrected chi connectivity index (χ4v) is 1.53. The van der Waals surface area contributed by atoms with E-state index in [0.717, 1.165) is 0 Å². The van der Waals surface area contributed by atoms with Crippen LogP contribution in [-0.4, -0.2) is 20.3 Å². The first-order chi connectivity index (χ1) is 7.28. The molecule has 0 radical (unpaired) electrons. The van der Waals surface area contributed by atoms with Crippen molar-refractivity contribution in [3.8, 4) is 0 Å². The fraction of sp³-hybridized carbons (Fsp3) is 0.429. The number of hydrogen-bond donors (Lipinski definition) is 1. The first-order valence-electron chi connectivity index (χ1n) is 4.22. The standard InChI is InChI=1S/C7H9N5O2S/c1-4-9-5(12-14-4)3-15-7-11-10-6(2-8)13-7/h2-3,8H2,1H3. The zero-order chi connectivity index (χ0) is 10.7. The lowest BCUT2D eigenvalue weighted by Gasteiger charge is -1.88. The number of nitrogens with zero attached hydrogens (tertiary/aromatic N) is 4. The van der Waals surface area contributed by atoms with Crippen LogP contribution in [0.15, 0.2) is 14.2 Å². The molecule has 0 amide bonds. The fourth-order valence-electron chi connectivity index (χ4n) is 0.905. The van der Waals surface area contributed by atoms with E-state index >= 15 is 0 Å². The van der Waals surface area contributed by atoms with E-state index in [4.69, 9.17) is 14.7 Å². The lowest BCUT2D eigenvalue weighted by atomic mass is 10.7. The SMILES string of the molecule is Cc1nc(CSc2nnc(CN)o2)no1. The van der Waals surface area contributed by atoms with Gasteiger partial charge in [0.1, 0.15) is 0 Å². The summed E-state index contributed by atoms with van der Waals surface area (Å²) in [7, 11) is 0. The predicted molar refractivity (Wildman–Crippen MR) is 50.8 cm³/mol. The lowest BCUT2D eigenvalue weighted by molar-refractivity contribution is 0.389. The molecule has 0 aliphatic rings. The molecule has 2 aromatic heterocycles. The van der Waals surface area contributed by atoms with E-state index in [1.165, 1.54) is 11.8 Å². The van der Waals surface area contributed by atoms with Crippen LogP contribution < -0.4 is 5.73 Å². The van der Waals surface area contributed by atoms with Gasteiger partial charge in [0.25, 0.3) is 5.22 Å². The Kier molecular flexibility index (Phi) is 2.97. The number of aryl methyl sites for hydroxylation is 1. The van der Waals surface area contributed by atoms with Crippen LogP contribution in [0.25, 0.3) is 0 Å². The molecule has 0 saturated heterocycles. The van der Waals surface area contributed by atoms with Gasteiger partial charge < -0.3 is 14.7 Å². The van der Waals surface area contributed by atoms with Gasteiger partial charge in [0.2, 0.25) is 11.8 Å². The lowest BCUT2D eigenvalue weighted by Crippen LogP contribution is -1.95. The minimum Gasteiger partial charge on any atom is -0.415 e. The van der Waals surface area contributed by atoms with E-state index in [9.17, 15) is 0 Å². The molecule has 2 heterocycles. The summed E-state index contributed by atoms with van der Waals surface area (Å²) in [5.41, 5.74) is 5.33. The van der Waals surface area contributed by atoms with Crippen LogP contribution >= 0.6 is 11.8 Å². The molecule has 8 heteroatoms. The van der Waals surface area contributed by atoms with Gasteiger partial charge in [-0.15, -0.1) is 10.2 Å². The molecule has 2 rings (SSSR count). The van der Waals surface area contributed by atoms with Crippen molar-refractivity contribution in [3.63, 3.8) is 0 Å². The number of hydrogen-bond acceptors (Lipinski definition) is 8. The van der Waals surface area contributed by atoms with Crippen LogP contribution in [0.4, 0.5) is 0 Å². The molecule has 0 unspecified atom stereocenters. The molecule has 2 aromatic rings. The second kappa shape index (κ2) is 4.41. The van der Waals surface area contributed by atoms with Crippen molar-refractivity contribution in [3.05, 3.63) is 17.6 Å². The maximum absolute atomic E-state index is 5.33. The normalized spacial score (nSPS) is 10.8. The third kappa shape index (κ3) is 2.54. The number of aromatic nitrogens is 4. The summed E-state index contributed by atoms with van der Waals surface area (Å²) < 4.78 is 10.0. The first kappa shape index (κ1) is 10.1. The average Bonchev–Trinajstić information content (AvgIpc) is 2.83. The molecule has 0 fully saturated rings. The molecule has 0 spiro atoms. The molecule has 15 heavy (non-hydrogen) atoms. The molecule has 0 atom stereocenters. The third-order valence-electron chi connectivity index (χ3n) is 1.52. The quantitative estimate of drug-likeness (QED) is 0.753. The van der Waals surface area contributed by atoms with Crippen LogP contribution in [-0.2, 0) is 12.3 Å². The predicted octanol–water partition coefficient (Wildman–Crippen LogP) is 0.512. The summed E-state index contributed by atoms with van der Waals surface area (Å²) in [5, 5.41) is 11.7. The van der Waals surface area contributed by atoms with E-state index in [1.54, 1.807) is 6.92 Å². The van der Waals surface area contributed by atoms with Gasteiger partial charge in [-0.2, -0.15) is 4.98 Å². The highest BCUT2D eigenvalue weighted by Gasteiger charge is 2.08. The Morgan fingerprint density at radius 1 is 1.40 bits per heavy atom. The molecule has 80 valence electrons. The van der Waals surface area contributed by atoms with Gasteiger partial charge in [0.15, 0.2) is 5.82 Å². The molecule has 7 nitrogen and oxygen atoms in total. The second-order valence-corrected chi connectivity index (χ2v) is 3.61. The van der Waals surface area contributed by atoms with E-state index in [0.29, 0.717) is 28.6 Å². The van der Waals surface area contributed by atoms with Crippen molar-refractivity contribution in [2.75, 3.05) is 0 Å². The minimum absolute atomic E-state index is 0.245. The Balaban J connectivity index is 1.93. The Hall–Kier alpha value is -1.41. The molecule has 2 N–H and O–H groups in total. The first-order valence-corrected chi connectivity index (χ1v) is 5.21. The Labute approximate surface area is 89.4 Å². The highest BCUT2D eigenvalue weighted by Crippen LogP contribution is 2.19. The maximum atomic E-state index is 5.33. The van der Waals surface area contributed by atoms with Crippen molar-refractivity contribution in [1.29, 1.82) is 0 Å². The smallest absolute Gasteiger partial charge is 0.277 e. The molecule has 0 aromatic carbocycles. The van der Waals surface area contributed by atoms with Crippen LogP contribution in [0.5, 0.6) is 0 Å².